The van der Waals surface area contributed by atoms with E-state index in [0.29, 0.717) is 66.4 Å². The lowest BCUT2D eigenvalue weighted by molar-refractivity contribution is 0.269. The normalized spacial score (nSPS) is 11.5. The first kappa shape index (κ1) is 29.9. The second-order valence-corrected chi connectivity index (χ2v) is 11.4. The summed E-state index contributed by atoms with van der Waals surface area (Å²) in [5.41, 5.74) is 1.80. The van der Waals surface area contributed by atoms with Gasteiger partial charge in [-0.2, -0.15) is 9.78 Å². The molecule has 0 aliphatic heterocycles. The minimum absolute atomic E-state index is 0.199. The molecule has 0 radical (unpaired) electrons. The van der Waals surface area contributed by atoms with Gasteiger partial charge in [-0.3, -0.25) is 4.79 Å². The van der Waals surface area contributed by atoms with Gasteiger partial charge in [-0.05, 0) is 71.2 Å². The van der Waals surface area contributed by atoms with Gasteiger partial charge in [0.25, 0.3) is 5.56 Å². The number of halogens is 5. The Labute approximate surface area is 258 Å². The molecule has 0 N–H and O–H groups in total. The smallest absolute Gasteiger partial charge is 0.282 e. The van der Waals surface area contributed by atoms with Crippen LogP contribution in [0.1, 0.15) is 43.6 Å². The van der Waals surface area contributed by atoms with Crippen molar-refractivity contribution in [1.29, 1.82) is 0 Å². The van der Waals surface area contributed by atoms with Crippen LogP contribution in [0.15, 0.2) is 61.3 Å². The Morgan fingerprint density at radius 3 is 2.54 bits per heavy atom. The van der Waals surface area contributed by atoms with Gasteiger partial charge in [-0.15, -0.1) is 0 Å². The van der Waals surface area contributed by atoms with E-state index in [0.717, 1.165) is 22.9 Å². The molecular weight excluding hydrogens is 692 g/mol. The highest BCUT2D eigenvalue weighted by Crippen LogP contribution is 2.43. The number of aromatic nitrogens is 2. The maximum absolute atomic E-state index is 13.4. The summed E-state index contributed by atoms with van der Waals surface area (Å²) >= 11 is 25.9. The Morgan fingerprint density at radius 2 is 1.82 bits per heavy atom. The quantitative estimate of drug-likeness (QED) is 0.154. The molecule has 4 rings (SSSR count). The first-order chi connectivity index (χ1) is 18.7. The zero-order valence-electron chi connectivity index (χ0n) is 21.1. The van der Waals surface area contributed by atoms with Crippen molar-refractivity contribution in [1.82, 2.24) is 9.66 Å². The zero-order chi connectivity index (χ0) is 28.1. The Kier molecular flexibility index (Phi) is 10.3. The minimum atomic E-state index is -0.252. The summed E-state index contributed by atoms with van der Waals surface area (Å²) in [6, 6.07) is 12.5. The maximum Gasteiger partial charge on any atom is 0.282 e. The van der Waals surface area contributed by atoms with Crippen LogP contribution >= 0.6 is 66.7 Å². The molecular formula is C28H24Br2Cl3N3O3. The molecule has 11 heteroatoms. The maximum atomic E-state index is 13.4. The van der Waals surface area contributed by atoms with E-state index in [2.05, 4.69) is 43.9 Å². The highest BCUT2D eigenvalue weighted by molar-refractivity contribution is 9.10. The molecule has 0 spiro atoms. The average Bonchev–Trinajstić information content (AvgIpc) is 2.91. The van der Waals surface area contributed by atoms with Gasteiger partial charge in [0, 0.05) is 20.9 Å². The molecule has 0 unspecified atom stereocenters. The molecule has 0 amide bonds. The first-order valence-corrected chi connectivity index (χ1v) is 14.9. The fourth-order valence-corrected chi connectivity index (χ4v) is 5.15. The van der Waals surface area contributed by atoms with Gasteiger partial charge in [0.05, 0.1) is 33.8 Å². The van der Waals surface area contributed by atoms with E-state index in [1.54, 1.807) is 30.5 Å². The standard InChI is InChI=1S/C28H24Br2Cl3N3O3/c1-3-5-6-24-35-22-10-8-18(29)13-19(22)28(37)36(24)34-14-17-12-23(38-4-2)27(26(33)25(17)30)39-15-16-7-9-20(31)21(32)11-16/h7-14H,3-6,15H2,1-2H3. The van der Waals surface area contributed by atoms with Gasteiger partial charge in [-0.25, -0.2) is 4.98 Å². The number of hydrogen-bond donors (Lipinski definition) is 0. The number of ether oxygens (including phenoxy) is 2. The summed E-state index contributed by atoms with van der Waals surface area (Å²) in [6.45, 7) is 4.54. The van der Waals surface area contributed by atoms with E-state index in [1.807, 2.05) is 25.1 Å². The van der Waals surface area contributed by atoms with E-state index in [-0.39, 0.29) is 12.2 Å². The van der Waals surface area contributed by atoms with Gasteiger partial charge in [0.1, 0.15) is 17.5 Å². The number of rotatable bonds is 10. The largest absolute Gasteiger partial charge is 0.490 e. The van der Waals surface area contributed by atoms with E-state index >= 15 is 0 Å². The topological polar surface area (TPSA) is 65.7 Å². The van der Waals surface area contributed by atoms with E-state index in [4.69, 9.17) is 49.3 Å². The van der Waals surface area contributed by atoms with Crippen LogP contribution in [0.25, 0.3) is 10.9 Å². The number of nitrogens with zero attached hydrogens (tertiary/aromatic N) is 3. The van der Waals surface area contributed by atoms with Crippen molar-refractivity contribution >= 4 is 83.8 Å². The van der Waals surface area contributed by atoms with Gasteiger partial charge in [-0.1, -0.05) is 70.1 Å². The fraction of sp³-hybridized carbons (Fsp3) is 0.250. The Bertz CT molecular complexity index is 1610. The predicted octanol–water partition coefficient (Wildman–Crippen LogP) is 9.08. The van der Waals surface area contributed by atoms with Crippen LogP contribution in [0.5, 0.6) is 11.5 Å². The van der Waals surface area contributed by atoms with Crippen molar-refractivity contribution in [2.45, 2.75) is 39.7 Å². The molecule has 0 fully saturated rings. The molecule has 1 aromatic heterocycles. The molecule has 4 aromatic rings. The highest BCUT2D eigenvalue weighted by atomic mass is 79.9. The molecule has 204 valence electrons. The summed E-state index contributed by atoms with van der Waals surface area (Å²) in [7, 11) is 0. The van der Waals surface area contributed by atoms with Crippen LogP contribution in [0, 0.1) is 0 Å². The van der Waals surface area contributed by atoms with Crippen molar-refractivity contribution in [2.75, 3.05) is 6.61 Å². The van der Waals surface area contributed by atoms with Crippen molar-refractivity contribution in [3.05, 3.63) is 93.8 Å². The summed E-state index contributed by atoms with van der Waals surface area (Å²) in [6.07, 6.45) is 4.01. The molecule has 1 heterocycles. The molecule has 6 nitrogen and oxygen atoms in total. The third-order valence-electron chi connectivity index (χ3n) is 5.76. The van der Waals surface area contributed by atoms with E-state index in [9.17, 15) is 4.79 Å². The molecule has 3 aromatic carbocycles. The fourth-order valence-electron chi connectivity index (χ4n) is 3.81. The zero-order valence-corrected chi connectivity index (χ0v) is 26.6. The summed E-state index contributed by atoms with van der Waals surface area (Å²) in [5, 5.41) is 6.22. The van der Waals surface area contributed by atoms with Crippen molar-refractivity contribution in [2.24, 2.45) is 5.10 Å². The molecule has 0 atom stereocenters. The third-order valence-corrected chi connectivity index (χ3v) is 8.44. The number of hydrogen-bond acceptors (Lipinski definition) is 5. The molecule has 0 saturated heterocycles. The third kappa shape index (κ3) is 6.98. The average molecular weight is 717 g/mol. The molecule has 0 aliphatic rings. The van der Waals surface area contributed by atoms with Crippen molar-refractivity contribution < 1.29 is 9.47 Å². The second kappa shape index (κ2) is 13.5. The number of benzene rings is 3. The minimum Gasteiger partial charge on any atom is -0.490 e. The van der Waals surface area contributed by atoms with Crippen LogP contribution in [0.2, 0.25) is 15.1 Å². The van der Waals surface area contributed by atoms with Gasteiger partial charge >= 0.3 is 0 Å². The van der Waals surface area contributed by atoms with E-state index < -0.39 is 0 Å². The molecule has 0 aliphatic carbocycles. The Balaban J connectivity index is 1.73. The lowest BCUT2D eigenvalue weighted by Crippen LogP contribution is -2.22. The van der Waals surface area contributed by atoms with Crippen LogP contribution in [0.4, 0.5) is 0 Å². The van der Waals surface area contributed by atoms with Gasteiger partial charge in [0.15, 0.2) is 11.5 Å². The number of unbranched alkanes of at least 4 members (excludes halogenated alkanes) is 1. The monoisotopic (exact) mass is 713 g/mol. The van der Waals surface area contributed by atoms with Crippen LogP contribution in [-0.2, 0) is 13.0 Å². The van der Waals surface area contributed by atoms with Crippen LogP contribution in [0.3, 0.4) is 0 Å². The van der Waals surface area contributed by atoms with Gasteiger partial charge in [0.2, 0.25) is 0 Å². The Hall–Kier alpha value is -2.10. The molecule has 0 saturated carbocycles. The van der Waals surface area contributed by atoms with Gasteiger partial charge < -0.3 is 9.47 Å². The highest BCUT2D eigenvalue weighted by Gasteiger charge is 2.18. The van der Waals surface area contributed by atoms with Crippen LogP contribution in [-0.4, -0.2) is 22.5 Å². The SMILES string of the molecule is CCCCc1nc2ccc(Br)cc2c(=O)n1N=Cc1cc(OCC)c(OCc2ccc(Cl)c(Cl)c2)c(Cl)c1Br. The van der Waals surface area contributed by atoms with Crippen LogP contribution < -0.4 is 15.0 Å². The predicted molar refractivity (Wildman–Crippen MR) is 166 cm³/mol. The molecule has 39 heavy (non-hydrogen) atoms. The first-order valence-electron chi connectivity index (χ1n) is 12.2. The van der Waals surface area contributed by atoms with Crippen molar-refractivity contribution in [3.8, 4) is 11.5 Å². The second-order valence-electron chi connectivity index (χ2n) is 8.55. The summed E-state index contributed by atoms with van der Waals surface area (Å²) in [5.74, 6) is 1.39. The van der Waals surface area contributed by atoms with Crippen molar-refractivity contribution in [3.63, 3.8) is 0 Å². The summed E-state index contributed by atoms with van der Waals surface area (Å²) in [4.78, 5) is 18.1. The number of fused-ring (bicyclic) bond motifs is 1. The molecule has 0 bridgehead atoms. The number of aryl methyl sites for hydroxylation is 1. The van der Waals surface area contributed by atoms with E-state index in [1.165, 1.54) is 4.68 Å². The lowest BCUT2D eigenvalue weighted by atomic mass is 10.2. The summed E-state index contributed by atoms with van der Waals surface area (Å²) < 4.78 is 14.6. The lowest BCUT2D eigenvalue weighted by Gasteiger charge is -2.16. The Morgan fingerprint density at radius 1 is 1.03 bits per heavy atom.